The second kappa shape index (κ2) is 14.6. The first kappa shape index (κ1) is 31.4. The van der Waals surface area contributed by atoms with Crippen LogP contribution in [0.2, 0.25) is 0 Å². The summed E-state index contributed by atoms with van der Waals surface area (Å²) in [6.07, 6.45) is 3.03. The third-order valence-electron chi connectivity index (χ3n) is 8.76. The Morgan fingerprint density at radius 2 is 1.63 bits per heavy atom. The molecule has 7 atom stereocenters. The fraction of sp³-hybridized carbons (Fsp3) is 0.690. The quantitative estimate of drug-likeness (QED) is 0.229. The lowest BCUT2D eigenvalue weighted by atomic mass is 9.69. The predicted molar refractivity (Wildman–Crippen MR) is 150 cm³/mol. The van der Waals surface area contributed by atoms with E-state index in [0.29, 0.717) is 32.5 Å². The molecule has 3 aliphatic rings. The number of carbonyl (C=O) groups excluding carboxylic acids is 3. The Morgan fingerprint density at radius 1 is 0.951 bits per heavy atom. The summed E-state index contributed by atoms with van der Waals surface area (Å²) in [5.41, 5.74) is 0.885. The Morgan fingerprint density at radius 3 is 2.27 bits per heavy atom. The van der Waals surface area contributed by atoms with Crippen LogP contribution in [0.5, 0.6) is 0 Å². The number of benzene rings is 1. The largest absolute Gasteiger partial charge is 0.760 e. The summed E-state index contributed by atoms with van der Waals surface area (Å²) < 4.78 is 41.6. The van der Waals surface area contributed by atoms with E-state index < -0.39 is 35.4 Å². The van der Waals surface area contributed by atoms with Crippen molar-refractivity contribution in [3.8, 4) is 0 Å². The summed E-state index contributed by atoms with van der Waals surface area (Å²) in [6.45, 7) is 5.78. The van der Waals surface area contributed by atoms with E-state index in [0.717, 1.165) is 24.8 Å². The van der Waals surface area contributed by atoms with Gasteiger partial charge in [0, 0.05) is 43.5 Å². The number of hydrogen-bond acceptors (Lipinski definition) is 9. The van der Waals surface area contributed by atoms with Crippen LogP contribution in [-0.4, -0.2) is 99.0 Å². The number of ether oxygens (including phenoxy) is 3. The van der Waals surface area contributed by atoms with Crippen LogP contribution in [0, 0.1) is 17.8 Å². The highest BCUT2D eigenvalue weighted by molar-refractivity contribution is 7.76. The molecule has 4 rings (SSSR count). The molecule has 7 unspecified atom stereocenters. The highest BCUT2D eigenvalue weighted by Gasteiger charge is 2.46. The van der Waals surface area contributed by atoms with Gasteiger partial charge in [-0.25, -0.2) is 13.9 Å². The zero-order valence-electron chi connectivity index (χ0n) is 24.1. The zero-order valence-corrected chi connectivity index (χ0v) is 25.0. The Kier molecular flexibility index (Phi) is 11.2. The number of hydrogen-bond donors (Lipinski definition) is 0. The van der Waals surface area contributed by atoms with Crippen LogP contribution in [-0.2, 0) is 41.6 Å². The number of rotatable bonds is 10. The molecule has 2 heterocycles. The third kappa shape index (κ3) is 7.65. The molecule has 1 saturated carbocycles. The molecule has 0 aromatic heterocycles. The van der Waals surface area contributed by atoms with Crippen LogP contribution in [0.3, 0.4) is 0 Å². The first-order valence-corrected chi connectivity index (χ1v) is 15.6. The molecule has 228 valence electrons. The smallest absolute Gasteiger partial charge is 0.410 e. The first-order chi connectivity index (χ1) is 19.7. The average Bonchev–Trinajstić information content (AvgIpc) is 3.38. The van der Waals surface area contributed by atoms with Gasteiger partial charge >= 0.3 is 18.0 Å². The number of amides is 1. The van der Waals surface area contributed by atoms with E-state index in [-0.39, 0.29) is 49.5 Å². The predicted octanol–water partition coefficient (Wildman–Crippen LogP) is 2.73. The second-order valence-corrected chi connectivity index (χ2v) is 12.1. The normalized spacial score (nSPS) is 29.0. The number of methoxy groups -OCH3 is 1. The standard InChI is InChI=1S/C29H43N3O8S/c1-4-39-27(33)25-15-24(32(41(36)37)17-20-9-7-6-8-10-20)19-30(25)16-21-11-12-22-18-31(29(35)38-3)26(14-23(22)13-21)28(34)40-5-2/h6-10,21-26H,4-5,11-19H2,1-3H3,(H,36,37)/p-1. The number of carbonyl (C=O) groups is 3. The molecule has 3 fully saturated rings. The summed E-state index contributed by atoms with van der Waals surface area (Å²) in [7, 11) is 1.32. The van der Waals surface area contributed by atoms with Crippen molar-refractivity contribution in [2.75, 3.05) is 40.0 Å². The maximum atomic E-state index is 13.0. The monoisotopic (exact) mass is 592 g/mol. The van der Waals surface area contributed by atoms with Gasteiger partial charge in [-0.1, -0.05) is 30.3 Å². The van der Waals surface area contributed by atoms with Crippen LogP contribution >= 0.6 is 0 Å². The lowest BCUT2D eigenvalue weighted by Crippen LogP contribution is -2.55. The molecule has 1 aromatic rings. The molecule has 0 N–H and O–H groups in total. The molecule has 1 aliphatic carbocycles. The van der Waals surface area contributed by atoms with Gasteiger partial charge < -0.3 is 18.8 Å². The van der Waals surface area contributed by atoms with E-state index in [1.54, 1.807) is 13.8 Å². The van der Waals surface area contributed by atoms with E-state index in [4.69, 9.17) is 14.2 Å². The van der Waals surface area contributed by atoms with Gasteiger partial charge in [-0.3, -0.25) is 18.8 Å². The van der Waals surface area contributed by atoms with Gasteiger partial charge in [0.2, 0.25) is 0 Å². The Labute approximate surface area is 244 Å². The van der Waals surface area contributed by atoms with E-state index in [1.165, 1.54) is 16.3 Å². The summed E-state index contributed by atoms with van der Waals surface area (Å²) >= 11 is -2.45. The highest BCUT2D eigenvalue weighted by atomic mass is 32.2. The molecular formula is C29H42N3O8S-. The molecule has 1 amide bonds. The van der Waals surface area contributed by atoms with E-state index in [2.05, 4.69) is 4.90 Å². The highest BCUT2D eigenvalue weighted by Crippen LogP contribution is 2.42. The molecule has 2 aliphatic heterocycles. The zero-order chi connectivity index (χ0) is 29.5. The van der Waals surface area contributed by atoms with Crippen molar-refractivity contribution in [1.29, 1.82) is 0 Å². The average molecular weight is 593 g/mol. The van der Waals surface area contributed by atoms with Crippen LogP contribution in [0.15, 0.2) is 30.3 Å². The van der Waals surface area contributed by atoms with Crippen LogP contribution < -0.4 is 0 Å². The number of fused-ring (bicyclic) bond motifs is 1. The lowest BCUT2D eigenvalue weighted by molar-refractivity contribution is -0.153. The van der Waals surface area contributed by atoms with E-state index >= 15 is 0 Å². The SMILES string of the molecule is CCOC(=O)C1CC(N(Cc2ccccc2)S(=O)[O-])CN1CC1CCC2CN(C(=O)OC)C(C(=O)OCC)CC2C1. The summed E-state index contributed by atoms with van der Waals surface area (Å²) in [5, 5.41) is 0. The molecule has 41 heavy (non-hydrogen) atoms. The topological polar surface area (TPSA) is 129 Å². The summed E-state index contributed by atoms with van der Waals surface area (Å²) in [4.78, 5) is 41.8. The number of nitrogens with zero attached hydrogens (tertiary/aromatic N) is 3. The fourth-order valence-corrected chi connectivity index (χ4v) is 7.52. The van der Waals surface area contributed by atoms with Gasteiger partial charge in [0.25, 0.3) is 0 Å². The molecule has 12 heteroatoms. The van der Waals surface area contributed by atoms with Crippen molar-refractivity contribution in [2.45, 2.75) is 70.6 Å². The minimum absolute atomic E-state index is 0.229. The van der Waals surface area contributed by atoms with Gasteiger partial charge in [0.05, 0.1) is 20.3 Å². The number of piperidine rings is 1. The maximum Gasteiger partial charge on any atom is 0.410 e. The molecule has 11 nitrogen and oxygen atoms in total. The van der Waals surface area contributed by atoms with Gasteiger partial charge in [0.1, 0.15) is 12.1 Å². The van der Waals surface area contributed by atoms with Crippen molar-refractivity contribution in [1.82, 2.24) is 14.1 Å². The van der Waals surface area contributed by atoms with Gasteiger partial charge in [-0.2, -0.15) is 0 Å². The van der Waals surface area contributed by atoms with Gasteiger partial charge in [-0.05, 0) is 69.3 Å². The molecule has 2 saturated heterocycles. The second-order valence-electron chi connectivity index (χ2n) is 11.2. The third-order valence-corrected chi connectivity index (χ3v) is 9.57. The van der Waals surface area contributed by atoms with Crippen molar-refractivity contribution in [3.05, 3.63) is 35.9 Å². The van der Waals surface area contributed by atoms with Crippen molar-refractivity contribution in [3.63, 3.8) is 0 Å². The Hall–Kier alpha value is -2.54. The first-order valence-electron chi connectivity index (χ1n) is 14.6. The summed E-state index contributed by atoms with van der Waals surface area (Å²) in [5.74, 6) is 0.0144. The fourth-order valence-electron chi connectivity index (χ4n) is 6.87. The van der Waals surface area contributed by atoms with Crippen molar-refractivity contribution in [2.24, 2.45) is 17.8 Å². The summed E-state index contributed by atoms with van der Waals surface area (Å²) in [6, 6.07) is 7.88. The Balaban J connectivity index is 1.46. The van der Waals surface area contributed by atoms with E-state index in [9.17, 15) is 23.1 Å². The molecule has 1 aromatic carbocycles. The van der Waals surface area contributed by atoms with Gasteiger partial charge in [-0.15, -0.1) is 0 Å². The van der Waals surface area contributed by atoms with Gasteiger partial charge in [0.15, 0.2) is 0 Å². The van der Waals surface area contributed by atoms with Crippen LogP contribution in [0.25, 0.3) is 0 Å². The van der Waals surface area contributed by atoms with Crippen LogP contribution in [0.1, 0.15) is 51.5 Å². The number of likely N-dealkylation sites (tertiary alicyclic amines) is 2. The minimum Gasteiger partial charge on any atom is -0.760 e. The number of esters is 2. The molecule has 0 bridgehead atoms. The lowest BCUT2D eigenvalue weighted by Gasteiger charge is -2.46. The van der Waals surface area contributed by atoms with Crippen molar-refractivity contribution >= 4 is 29.3 Å². The minimum atomic E-state index is -2.45. The van der Waals surface area contributed by atoms with Crippen molar-refractivity contribution < 1.29 is 37.4 Å². The van der Waals surface area contributed by atoms with E-state index in [1.807, 2.05) is 30.3 Å². The molecular weight excluding hydrogens is 550 g/mol. The molecule has 0 radical (unpaired) electrons. The Bertz CT molecular complexity index is 1080. The molecule has 0 spiro atoms. The van der Waals surface area contributed by atoms with Crippen LogP contribution in [0.4, 0.5) is 4.79 Å². The maximum absolute atomic E-state index is 13.0.